The fraction of sp³-hybridized carbons (Fsp3) is 0.828. The van der Waals surface area contributed by atoms with Gasteiger partial charge in [0.15, 0.2) is 0 Å². The first-order chi connectivity index (χ1) is 20.2. The predicted octanol–water partition coefficient (Wildman–Crippen LogP) is 3.83. The van der Waals surface area contributed by atoms with E-state index in [-0.39, 0.29) is 51.3 Å². The smallest absolute Gasteiger partial charge is 0.329 e. The molecule has 2 atom stereocenters. The fourth-order valence-corrected chi connectivity index (χ4v) is 3.46. The lowest BCUT2D eigenvalue weighted by molar-refractivity contribution is -0.159. The summed E-state index contributed by atoms with van der Waals surface area (Å²) in [4.78, 5) is 65.6. The monoisotopic (exact) mass is 628 g/mol. The Morgan fingerprint density at radius 3 is 1.75 bits per heavy atom. The van der Waals surface area contributed by atoms with Crippen LogP contribution in [0.1, 0.15) is 101 Å². The van der Waals surface area contributed by atoms with Gasteiger partial charge in [0.05, 0.1) is 13.2 Å². The first kappa shape index (κ1) is 40.4. The van der Waals surface area contributed by atoms with Crippen molar-refractivity contribution in [2.45, 2.75) is 130 Å². The molecule has 3 N–H and O–H groups in total. The van der Waals surface area contributed by atoms with E-state index >= 15 is 0 Å². The third kappa shape index (κ3) is 22.9. The van der Waals surface area contributed by atoms with Crippen LogP contribution in [0.4, 0.5) is 4.79 Å². The van der Waals surface area contributed by atoms with Gasteiger partial charge in [0, 0.05) is 30.8 Å². The van der Waals surface area contributed by atoms with Crippen LogP contribution in [0, 0.1) is 0 Å². The van der Waals surface area contributed by atoms with Gasteiger partial charge >= 0.3 is 23.9 Å². The summed E-state index contributed by atoms with van der Waals surface area (Å²) in [5.41, 5.74) is 5.86. The number of amides is 3. The molecule has 0 saturated carbocycles. The Kier molecular flexibility index (Phi) is 18.0. The molecule has 0 fully saturated rings. The number of carbonyl (C=O) groups is 5. The highest BCUT2D eigenvalue weighted by Crippen LogP contribution is 2.15. The average molecular weight is 629 g/mol. The van der Waals surface area contributed by atoms with Crippen molar-refractivity contribution in [1.82, 2.24) is 16.0 Å². The third-order valence-electron chi connectivity index (χ3n) is 5.16. The molecule has 0 unspecified atom stereocenters. The number of nitrogens with zero attached hydrogens (tertiary/aromatic N) is 3. The van der Waals surface area contributed by atoms with Crippen LogP contribution in [-0.4, -0.2) is 85.0 Å². The summed E-state index contributed by atoms with van der Waals surface area (Å²) in [5.74, 6) is -2.14. The summed E-state index contributed by atoms with van der Waals surface area (Å²) < 4.78 is 21.4. The van der Waals surface area contributed by atoms with Crippen molar-refractivity contribution in [3.63, 3.8) is 0 Å². The molecule has 0 aromatic rings. The maximum atomic E-state index is 13.0. The summed E-state index contributed by atoms with van der Waals surface area (Å²) >= 11 is 0. The Hall–Kier alpha value is -3.58. The highest BCUT2D eigenvalue weighted by Gasteiger charge is 2.31. The molecule has 0 heterocycles. The number of carbonyl (C=O) groups excluding carboxylic acids is 5. The Morgan fingerprint density at radius 2 is 1.25 bits per heavy atom. The average Bonchev–Trinajstić information content (AvgIpc) is 2.84. The number of hydrogen-bond acceptors (Lipinski definition) is 10. The van der Waals surface area contributed by atoms with Crippen molar-refractivity contribution in [2.24, 2.45) is 5.11 Å². The molecule has 0 aliphatic rings. The SMILES string of the molecule is CC(C)(C)OC(=O)CC[C@@H](NC(=O)N[C@H](CCCCNC(=O)CCOCCN=[N+]=[N-])C(=O)OC(C)(C)C)C(=O)OC(C)(C)C. The van der Waals surface area contributed by atoms with Gasteiger partial charge in [-0.1, -0.05) is 5.11 Å². The molecule has 0 rings (SSSR count). The van der Waals surface area contributed by atoms with Gasteiger partial charge in [-0.2, -0.15) is 0 Å². The third-order valence-corrected chi connectivity index (χ3v) is 5.16. The molecule has 0 bridgehead atoms. The molecule has 0 radical (unpaired) electrons. The Balaban J connectivity index is 5.18. The van der Waals surface area contributed by atoms with Crippen molar-refractivity contribution in [3.05, 3.63) is 10.4 Å². The largest absolute Gasteiger partial charge is 0.460 e. The lowest BCUT2D eigenvalue weighted by Crippen LogP contribution is -2.53. The van der Waals surface area contributed by atoms with E-state index in [0.717, 1.165) is 0 Å². The highest BCUT2D eigenvalue weighted by molar-refractivity contribution is 5.87. The molecule has 15 heteroatoms. The molecule has 3 amide bonds. The van der Waals surface area contributed by atoms with Crippen LogP contribution in [0.3, 0.4) is 0 Å². The summed E-state index contributed by atoms with van der Waals surface area (Å²) in [5, 5.41) is 11.2. The Morgan fingerprint density at radius 1 is 0.727 bits per heavy atom. The molecule has 0 saturated heterocycles. The van der Waals surface area contributed by atoms with E-state index in [0.29, 0.717) is 19.4 Å². The van der Waals surface area contributed by atoms with Crippen molar-refractivity contribution < 1.29 is 42.9 Å². The van der Waals surface area contributed by atoms with E-state index in [1.807, 2.05) is 0 Å². The van der Waals surface area contributed by atoms with Crippen molar-refractivity contribution in [2.75, 3.05) is 26.3 Å². The van der Waals surface area contributed by atoms with E-state index in [2.05, 4.69) is 26.0 Å². The minimum Gasteiger partial charge on any atom is -0.460 e. The van der Waals surface area contributed by atoms with E-state index in [1.54, 1.807) is 62.3 Å². The number of esters is 3. The molecule has 252 valence electrons. The zero-order valence-corrected chi connectivity index (χ0v) is 27.7. The molecule has 44 heavy (non-hydrogen) atoms. The van der Waals surface area contributed by atoms with Gasteiger partial charge in [0.1, 0.15) is 28.9 Å². The second-order valence-corrected chi connectivity index (χ2v) is 13.1. The minimum atomic E-state index is -1.18. The summed E-state index contributed by atoms with van der Waals surface area (Å²) in [6, 6.07) is -3.03. The number of nitrogens with one attached hydrogen (secondary N) is 3. The minimum absolute atomic E-state index is 0.0765. The molecule has 0 aromatic carbocycles. The highest BCUT2D eigenvalue weighted by atomic mass is 16.6. The maximum Gasteiger partial charge on any atom is 0.329 e. The lowest BCUT2D eigenvalue weighted by Gasteiger charge is -2.27. The number of hydrogen-bond donors (Lipinski definition) is 3. The van der Waals surface area contributed by atoms with Crippen LogP contribution >= 0.6 is 0 Å². The molecule has 15 nitrogen and oxygen atoms in total. The molecule has 0 aliphatic carbocycles. The first-order valence-corrected chi connectivity index (χ1v) is 14.8. The number of ether oxygens (including phenoxy) is 4. The van der Waals surface area contributed by atoms with E-state index in [9.17, 15) is 24.0 Å². The summed E-state index contributed by atoms with van der Waals surface area (Å²) in [6.07, 6.45) is 1.10. The quantitative estimate of drug-likeness (QED) is 0.0502. The van der Waals surface area contributed by atoms with Gasteiger partial charge in [-0.05, 0) is 93.5 Å². The summed E-state index contributed by atoms with van der Waals surface area (Å²) in [7, 11) is 0. The van der Waals surface area contributed by atoms with Crippen molar-refractivity contribution in [3.8, 4) is 0 Å². The van der Waals surface area contributed by atoms with Gasteiger partial charge in [-0.15, -0.1) is 0 Å². The van der Waals surface area contributed by atoms with Gasteiger partial charge in [-0.25, -0.2) is 14.4 Å². The molecule has 0 spiro atoms. The van der Waals surface area contributed by atoms with E-state index in [1.165, 1.54) is 0 Å². The van der Waals surface area contributed by atoms with E-state index < -0.39 is 52.8 Å². The molecule has 0 aliphatic heterocycles. The summed E-state index contributed by atoms with van der Waals surface area (Å²) in [6.45, 7) is 16.3. The molecular weight excluding hydrogens is 576 g/mol. The van der Waals surface area contributed by atoms with Gasteiger partial charge < -0.3 is 34.9 Å². The van der Waals surface area contributed by atoms with Crippen LogP contribution in [0.25, 0.3) is 10.4 Å². The number of azide groups is 1. The molecular formula is C29H52N6O9. The second-order valence-electron chi connectivity index (χ2n) is 13.1. The lowest BCUT2D eigenvalue weighted by atomic mass is 10.1. The van der Waals surface area contributed by atoms with Crippen LogP contribution in [0.15, 0.2) is 5.11 Å². The van der Waals surface area contributed by atoms with Crippen LogP contribution < -0.4 is 16.0 Å². The van der Waals surface area contributed by atoms with Crippen LogP contribution in [0.5, 0.6) is 0 Å². The predicted molar refractivity (Wildman–Crippen MR) is 162 cm³/mol. The van der Waals surface area contributed by atoms with Gasteiger partial charge in [0.2, 0.25) is 5.91 Å². The normalized spacial score (nSPS) is 13.0. The number of unbranched alkanes of at least 4 members (excludes halogenated alkanes) is 1. The zero-order chi connectivity index (χ0) is 34.0. The maximum absolute atomic E-state index is 13.0. The fourth-order valence-electron chi connectivity index (χ4n) is 3.46. The van der Waals surface area contributed by atoms with Crippen LogP contribution in [0.2, 0.25) is 0 Å². The standard InChI is InChI=1S/C29H52N6O9/c1-27(2,3)42-23(37)14-13-21(25(39)44-29(7,8)9)34-26(40)33-20(24(38)43-28(4,5)6)12-10-11-16-31-22(36)15-18-41-19-17-32-35-30/h20-21H,10-19H2,1-9H3,(H,31,36)(H2,33,34,40)/t20-,21-/m1/s1. The van der Waals surface area contributed by atoms with Gasteiger partial charge in [0.25, 0.3) is 0 Å². The van der Waals surface area contributed by atoms with Crippen molar-refractivity contribution >= 4 is 29.8 Å². The van der Waals surface area contributed by atoms with Gasteiger partial charge in [-0.3, -0.25) is 9.59 Å². The van der Waals surface area contributed by atoms with Crippen LogP contribution in [-0.2, 0) is 38.1 Å². The first-order valence-electron chi connectivity index (χ1n) is 14.8. The topological polar surface area (TPSA) is 207 Å². The Bertz CT molecular complexity index is 993. The molecule has 0 aromatic heterocycles. The van der Waals surface area contributed by atoms with Crippen molar-refractivity contribution in [1.29, 1.82) is 0 Å². The Labute approximate surface area is 260 Å². The second kappa shape index (κ2) is 19.6. The number of urea groups is 1. The van der Waals surface area contributed by atoms with E-state index in [4.69, 9.17) is 24.5 Å². The zero-order valence-electron chi connectivity index (χ0n) is 27.7. The number of rotatable bonds is 18.